The van der Waals surface area contributed by atoms with Crippen molar-refractivity contribution in [1.29, 1.82) is 0 Å². The minimum atomic E-state index is -4.43. The Morgan fingerprint density at radius 2 is 1.74 bits per heavy atom. The molecule has 0 aliphatic carbocycles. The zero-order valence-corrected chi connectivity index (χ0v) is 14.2. The van der Waals surface area contributed by atoms with Crippen molar-refractivity contribution in [3.8, 4) is 22.6 Å². The number of rotatable bonds is 6. The molecule has 8 heteroatoms. The summed E-state index contributed by atoms with van der Waals surface area (Å²) in [6.45, 7) is 0.501. The van der Waals surface area contributed by atoms with Crippen LogP contribution in [-0.4, -0.2) is 33.2 Å². The van der Waals surface area contributed by atoms with E-state index in [2.05, 4.69) is 20.3 Å². The molecule has 0 saturated carbocycles. The van der Waals surface area contributed by atoms with Gasteiger partial charge in [-0.05, 0) is 30.7 Å². The number of anilines is 1. The molecule has 140 valence electrons. The molecule has 0 bridgehead atoms. The Morgan fingerprint density at radius 1 is 0.963 bits per heavy atom. The van der Waals surface area contributed by atoms with Crippen molar-refractivity contribution in [3.63, 3.8) is 0 Å². The Kier molecular flexibility index (Phi) is 5.66. The van der Waals surface area contributed by atoms with Gasteiger partial charge < -0.3 is 10.4 Å². The second-order valence-electron chi connectivity index (χ2n) is 5.78. The first-order valence-electron chi connectivity index (χ1n) is 8.29. The van der Waals surface area contributed by atoms with Gasteiger partial charge in [-0.15, -0.1) is 0 Å². The molecule has 2 heterocycles. The molecule has 3 rings (SSSR count). The van der Waals surface area contributed by atoms with Gasteiger partial charge in [0.05, 0.1) is 11.3 Å². The maximum absolute atomic E-state index is 13.0. The van der Waals surface area contributed by atoms with Crippen LogP contribution in [0.15, 0.2) is 54.9 Å². The Hall–Kier alpha value is -3.00. The third-order valence-electron chi connectivity index (χ3n) is 3.79. The molecule has 2 aromatic heterocycles. The molecule has 0 atom stereocenters. The molecule has 3 aromatic rings. The fourth-order valence-corrected chi connectivity index (χ4v) is 2.47. The van der Waals surface area contributed by atoms with Gasteiger partial charge in [0.25, 0.3) is 0 Å². The van der Waals surface area contributed by atoms with Gasteiger partial charge in [0, 0.05) is 42.7 Å². The number of aliphatic hydroxyl groups excluding tert-OH is 1. The molecule has 2 N–H and O–H groups in total. The summed E-state index contributed by atoms with van der Waals surface area (Å²) in [6, 6.07) is 10.1. The highest BCUT2D eigenvalue weighted by Gasteiger charge is 2.30. The lowest BCUT2D eigenvalue weighted by atomic mass is 10.1. The summed E-state index contributed by atoms with van der Waals surface area (Å²) in [5, 5.41) is 12.0. The summed E-state index contributed by atoms with van der Waals surface area (Å²) in [4.78, 5) is 12.8. The molecule has 0 radical (unpaired) electrons. The Labute approximate surface area is 154 Å². The van der Waals surface area contributed by atoms with Crippen molar-refractivity contribution in [2.75, 3.05) is 18.5 Å². The highest BCUT2D eigenvalue weighted by molar-refractivity contribution is 5.68. The van der Waals surface area contributed by atoms with Gasteiger partial charge in [0.2, 0.25) is 0 Å². The maximum Gasteiger partial charge on any atom is 0.416 e. The summed E-state index contributed by atoms with van der Waals surface area (Å²) in [5.74, 6) is 0.844. The fourth-order valence-electron chi connectivity index (χ4n) is 2.47. The van der Waals surface area contributed by atoms with E-state index in [1.165, 1.54) is 6.07 Å². The van der Waals surface area contributed by atoms with Crippen LogP contribution in [0.25, 0.3) is 22.6 Å². The summed E-state index contributed by atoms with van der Waals surface area (Å²) in [6.07, 6.45) is -0.727. The predicted octanol–water partition coefficient (Wildman–Crippen LogP) is 4.02. The molecule has 5 nitrogen and oxygen atoms in total. The molecule has 0 spiro atoms. The first kappa shape index (κ1) is 18.8. The van der Waals surface area contributed by atoms with Crippen molar-refractivity contribution in [2.45, 2.75) is 12.6 Å². The van der Waals surface area contributed by atoms with Gasteiger partial charge >= 0.3 is 6.18 Å². The number of nitrogens with one attached hydrogen (secondary N) is 1. The summed E-state index contributed by atoms with van der Waals surface area (Å²) in [5.41, 5.74) is 0.671. The van der Waals surface area contributed by atoms with Crippen LogP contribution in [0.1, 0.15) is 12.0 Å². The Balaban J connectivity index is 2.05. The third-order valence-corrected chi connectivity index (χ3v) is 3.79. The van der Waals surface area contributed by atoms with Crippen LogP contribution in [0.5, 0.6) is 0 Å². The van der Waals surface area contributed by atoms with Crippen molar-refractivity contribution in [1.82, 2.24) is 15.0 Å². The van der Waals surface area contributed by atoms with E-state index < -0.39 is 11.7 Å². The second kappa shape index (κ2) is 8.13. The lowest BCUT2D eigenvalue weighted by molar-refractivity contribution is -0.137. The highest BCUT2D eigenvalue weighted by atomic mass is 19.4. The molecule has 27 heavy (non-hydrogen) atoms. The van der Waals surface area contributed by atoms with Crippen molar-refractivity contribution in [3.05, 3.63) is 60.4 Å². The smallest absolute Gasteiger partial charge is 0.396 e. The van der Waals surface area contributed by atoms with Crippen LogP contribution in [0.3, 0.4) is 0 Å². The molecular formula is C19H17F3N4O. The Bertz CT molecular complexity index is 901. The zero-order valence-electron chi connectivity index (χ0n) is 14.2. The molecule has 0 aliphatic heterocycles. The molecule has 0 aliphatic rings. The van der Waals surface area contributed by atoms with Crippen molar-refractivity contribution < 1.29 is 18.3 Å². The van der Waals surface area contributed by atoms with Gasteiger partial charge in [0.15, 0.2) is 5.82 Å². The molecule has 0 amide bonds. The monoisotopic (exact) mass is 374 g/mol. The number of hydrogen-bond donors (Lipinski definition) is 2. The summed E-state index contributed by atoms with van der Waals surface area (Å²) >= 11 is 0. The molecule has 0 unspecified atom stereocenters. The number of nitrogens with zero attached hydrogens (tertiary/aromatic N) is 3. The third kappa shape index (κ3) is 4.79. The number of benzene rings is 1. The van der Waals surface area contributed by atoms with E-state index in [9.17, 15) is 13.2 Å². The standard InChI is InChI=1S/C19H17F3N4O/c20-19(21,22)15-4-1-3-14(11-15)16-12-17(24-7-2-10-27)26-18(25-16)13-5-8-23-9-6-13/h1,3-6,8-9,11-12,27H,2,7,10H2,(H,24,25,26). The normalized spacial score (nSPS) is 11.4. The second-order valence-corrected chi connectivity index (χ2v) is 5.78. The van der Waals surface area contributed by atoms with Crippen molar-refractivity contribution >= 4 is 5.82 Å². The lowest BCUT2D eigenvalue weighted by Gasteiger charge is -2.12. The van der Waals surface area contributed by atoms with E-state index in [4.69, 9.17) is 5.11 Å². The van der Waals surface area contributed by atoms with Gasteiger partial charge in [-0.1, -0.05) is 12.1 Å². The Morgan fingerprint density at radius 3 is 2.44 bits per heavy atom. The van der Waals surface area contributed by atoms with Crippen LogP contribution in [0.2, 0.25) is 0 Å². The van der Waals surface area contributed by atoms with Crippen molar-refractivity contribution in [2.24, 2.45) is 0 Å². The van der Waals surface area contributed by atoms with Crippen LogP contribution in [-0.2, 0) is 6.18 Å². The van der Waals surface area contributed by atoms with Crippen LogP contribution >= 0.6 is 0 Å². The number of halogens is 3. The van der Waals surface area contributed by atoms with Gasteiger partial charge in [0.1, 0.15) is 5.82 Å². The molecular weight excluding hydrogens is 357 g/mol. The maximum atomic E-state index is 13.0. The first-order chi connectivity index (χ1) is 13.0. The average molecular weight is 374 g/mol. The minimum absolute atomic E-state index is 0.0236. The van der Waals surface area contributed by atoms with Crippen LogP contribution in [0.4, 0.5) is 19.0 Å². The predicted molar refractivity (Wildman–Crippen MR) is 95.9 cm³/mol. The van der Waals surface area contributed by atoms with E-state index in [1.54, 1.807) is 36.7 Å². The quantitative estimate of drug-likeness (QED) is 0.638. The zero-order chi connectivity index (χ0) is 19.3. The van der Waals surface area contributed by atoms with Crippen LogP contribution in [0, 0.1) is 0 Å². The van der Waals surface area contributed by atoms with E-state index in [0.717, 1.165) is 12.1 Å². The SMILES string of the molecule is OCCCNc1cc(-c2cccc(C(F)(F)F)c2)nc(-c2ccncc2)n1. The first-order valence-corrected chi connectivity index (χ1v) is 8.29. The van der Waals surface area contributed by atoms with Gasteiger partial charge in [-0.25, -0.2) is 9.97 Å². The lowest BCUT2D eigenvalue weighted by Crippen LogP contribution is -2.07. The number of aliphatic hydroxyl groups is 1. The van der Waals surface area contributed by atoms with E-state index >= 15 is 0 Å². The number of pyridine rings is 1. The molecule has 0 saturated heterocycles. The van der Waals surface area contributed by atoms with E-state index in [-0.39, 0.29) is 6.61 Å². The van der Waals surface area contributed by atoms with E-state index in [1.807, 2.05) is 0 Å². The number of hydrogen-bond acceptors (Lipinski definition) is 5. The average Bonchev–Trinajstić information content (AvgIpc) is 2.68. The number of alkyl halides is 3. The van der Waals surface area contributed by atoms with Gasteiger partial charge in [-0.3, -0.25) is 4.98 Å². The summed E-state index contributed by atoms with van der Waals surface area (Å²) < 4.78 is 39.1. The molecule has 0 fully saturated rings. The fraction of sp³-hybridized carbons (Fsp3) is 0.211. The van der Waals surface area contributed by atoms with E-state index in [0.29, 0.717) is 41.4 Å². The van der Waals surface area contributed by atoms with Gasteiger partial charge in [-0.2, -0.15) is 13.2 Å². The largest absolute Gasteiger partial charge is 0.416 e. The highest BCUT2D eigenvalue weighted by Crippen LogP contribution is 2.32. The minimum Gasteiger partial charge on any atom is -0.396 e. The summed E-state index contributed by atoms with van der Waals surface area (Å²) in [7, 11) is 0. The number of aromatic nitrogens is 3. The van der Waals surface area contributed by atoms with Crippen LogP contribution < -0.4 is 5.32 Å². The topological polar surface area (TPSA) is 70.9 Å². The molecule has 1 aromatic carbocycles.